The number of ether oxygens (including phenoxy) is 6. The molecule has 0 radical (unpaired) electrons. The Morgan fingerprint density at radius 3 is 2.37 bits per heavy atom. The number of anilines is 1. The van der Waals surface area contributed by atoms with Crippen LogP contribution in [0.5, 0.6) is 5.75 Å². The van der Waals surface area contributed by atoms with Crippen molar-refractivity contribution in [3.05, 3.63) is 60.2 Å². The Hall–Kier alpha value is -2.27. The molecule has 35 heavy (non-hydrogen) atoms. The van der Waals surface area contributed by atoms with Gasteiger partial charge >= 0.3 is 0 Å². The Labute approximate surface area is 211 Å². The van der Waals surface area contributed by atoms with Gasteiger partial charge in [0.05, 0.1) is 12.6 Å². The Kier molecular flexibility index (Phi) is 6.73. The number of fused-ring (bicyclic) bond motifs is 1. The second-order valence-corrected chi connectivity index (χ2v) is 10.3. The van der Waals surface area contributed by atoms with Crippen molar-refractivity contribution in [2.45, 2.75) is 76.5 Å². The largest absolute Gasteiger partial charge is 0.489 e. The molecule has 5 rings (SSSR count). The molecule has 3 fully saturated rings. The summed E-state index contributed by atoms with van der Waals surface area (Å²) in [6.45, 7) is 8.46. The Balaban J connectivity index is 1.21. The average molecular weight is 501 g/mol. The Morgan fingerprint density at radius 2 is 1.69 bits per heavy atom. The molecule has 8 nitrogen and oxygen atoms in total. The van der Waals surface area contributed by atoms with Crippen LogP contribution in [0, 0.1) is 0 Å². The Morgan fingerprint density at radius 1 is 0.943 bits per heavy atom. The SMILES string of the molecule is CC1(C)OCC([C@H]2O[C@@H]3OC(C)(C)O[C@@H]3[C@@H]2NC(=S)Nc2ccc(OCc3ccccc3)cc2)O1. The van der Waals surface area contributed by atoms with Gasteiger partial charge in [0.2, 0.25) is 0 Å². The van der Waals surface area contributed by atoms with Crippen LogP contribution in [0.25, 0.3) is 0 Å². The van der Waals surface area contributed by atoms with E-state index in [9.17, 15) is 0 Å². The van der Waals surface area contributed by atoms with Crippen LogP contribution in [-0.2, 0) is 30.3 Å². The maximum atomic E-state index is 6.22. The number of rotatable bonds is 6. The van der Waals surface area contributed by atoms with E-state index in [1.807, 2.05) is 82.3 Å². The van der Waals surface area contributed by atoms with Crippen molar-refractivity contribution in [2.24, 2.45) is 0 Å². The third-order valence-corrected chi connectivity index (χ3v) is 6.36. The highest BCUT2D eigenvalue weighted by Gasteiger charge is 2.58. The second-order valence-electron chi connectivity index (χ2n) is 9.86. The zero-order chi connectivity index (χ0) is 24.6. The number of nitrogens with one attached hydrogen (secondary N) is 2. The van der Waals surface area contributed by atoms with Gasteiger partial charge in [-0.1, -0.05) is 30.3 Å². The van der Waals surface area contributed by atoms with Crippen LogP contribution in [0.15, 0.2) is 54.6 Å². The van der Waals surface area contributed by atoms with Crippen LogP contribution in [0.1, 0.15) is 33.3 Å². The fourth-order valence-electron chi connectivity index (χ4n) is 4.59. The van der Waals surface area contributed by atoms with Crippen LogP contribution in [0.3, 0.4) is 0 Å². The van der Waals surface area contributed by atoms with Crippen molar-refractivity contribution in [3.8, 4) is 5.75 Å². The van der Waals surface area contributed by atoms with Gasteiger partial charge in [-0.15, -0.1) is 0 Å². The molecule has 3 aliphatic rings. The summed E-state index contributed by atoms with van der Waals surface area (Å²) in [4.78, 5) is 0. The van der Waals surface area contributed by atoms with E-state index in [1.54, 1.807) is 0 Å². The zero-order valence-electron chi connectivity index (χ0n) is 20.4. The maximum absolute atomic E-state index is 6.22. The van der Waals surface area contributed by atoms with Crippen molar-refractivity contribution in [1.29, 1.82) is 0 Å². The summed E-state index contributed by atoms with van der Waals surface area (Å²) in [6.07, 6.45) is -1.47. The number of hydrogen-bond donors (Lipinski definition) is 2. The smallest absolute Gasteiger partial charge is 0.189 e. The first kappa shape index (κ1) is 24.4. The molecule has 0 saturated carbocycles. The highest BCUT2D eigenvalue weighted by Crippen LogP contribution is 2.40. The highest BCUT2D eigenvalue weighted by molar-refractivity contribution is 7.80. The first-order valence-corrected chi connectivity index (χ1v) is 12.3. The molecule has 0 bridgehead atoms. The van der Waals surface area contributed by atoms with Crippen LogP contribution in [0.4, 0.5) is 5.69 Å². The van der Waals surface area contributed by atoms with Crippen molar-refractivity contribution >= 4 is 23.0 Å². The molecule has 3 heterocycles. The fraction of sp³-hybridized carbons (Fsp3) is 0.500. The third-order valence-electron chi connectivity index (χ3n) is 6.14. The van der Waals surface area contributed by atoms with E-state index in [2.05, 4.69) is 10.6 Å². The zero-order valence-corrected chi connectivity index (χ0v) is 21.2. The number of benzene rings is 2. The van der Waals surface area contributed by atoms with E-state index in [0.29, 0.717) is 18.3 Å². The lowest BCUT2D eigenvalue weighted by atomic mass is 10.0. The normalized spacial score (nSPS) is 30.6. The quantitative estimate of drug-likeness (QED) is 0.573. The van der Waals surface area contributed by atoms with Gasteiger partial charge in [-0.3, -0.25) is 0 Å². The molecule has 2 N–H and O–H groups in total. The predicted octanol–water partition coefficient (Wildman–Crippen LogP) is 3.95. The summed E-state index contributed by atoms with van der Waals surface area (Å²) in [7, 11) is 0. The molecule has 0 amide bonds. The van der Waals surface area contributed by atoms with Gasteiger partial charge in [-0.2, -0.15) is 0 Å². The van der Waals surface area contributed by atoms with Crippen molar-refractivity contribution in [1.82, 2.24) is 5.32 Å². The summed E-state index contributed by atoms with van der Waals surface area (Å²) in [5.74, 6) is -0.623. The van der Waals surface area contributed by atoms with Gasteiger partial charge < -0.3 is 39.1 Å². The lowest BCUT2D eigenvalue weighted by molar-refractivity contribution is -0.223. The first-order valence-electron chi connectivity index (χ1n) is 11.8. The molecule has 0 aromatic heterocycles. The lowest BCUT2D eigenvalue weighted by Gasteiger charge is -2.30. The molecule has 1 unspecified atom stereocenters. The molecule has 2 aromatic rings. The van der Waals surface area contributed by atoms with Crippen LogP contribution < -0.4 is 15.4 Å². The Bertz CT molecular complexity index is 1030. The van der Waals surface area contributed by atoms with E-state index in [0.717, 1.165) is 17.0 Å². The van der Waals surface area contributed by atoms with Crippen LogP contribution >= 0.6 is 12.2 Å². The first-order chi connectivity index (χ1) is 16.7. The second kappa shape index (κ2) is 9.65. The molecule has 0 aliphatic carbocycles. The topological polar surface area (TPSA) is 79.4 Å². The van der Waals surface area contributed by atoms with Gasteiger partial charge in [-0.05, 0) is 69.7 Å². The van der Waals surface area contributed by atoms with Gasteiger partial charge in [0, 0.05) is 5.69 Å². The van der Waals surface area contributed by atoms with Crippen molar-refractivity contribution < 1.29 is 28.4 Å². The standard InChI is InChI=1S/C26H32N2O6S/c1-25(2)30-15-19(32-25)21-20(22-23(31-21)34-26(3,4)33-22)28-24(35)27-17-10-12-18(13-11-17)29-14-16-8-6-5-7-9-16/h5-13,19-23H,14-15H2,1-4H3,(H2,27,28,35)/t19?,20-,21-,22-,23-/m1/s1. The van der Waals surface area contributed by atoms with Gasteiger partial charge in [-0.25, -0.2) is 0 Å². The monoisotopic (exact) mass is 500 g/mol. The summed E-state index contributed by atoms with van der Waals surface area (Å²) in [5.41, 5.74) is 1.96. The molecule has 3 aliphatic heterocycles. The predicted molar refractivity (Wildman–Crippen MR) is 134 cm³/mol. The molecular weight excluding hydrogens is 468 g/mol. The summed E-state index contributed by atoms with van der Waals surface area (Å²) in [6, 6.07) is 17.4. The van der Waals surface area contributed by atoms with Gasteiger partial charge in [0.25, 0.3) is 0 Å². The lowest BCUT2D eigenvalue weighted by Crippen LogP contribution is -2.53. The highest BCUT2D eigenvalue weighted by atomic mass is 32.1. The third kappa shape index (κ3) is 5.77. The minimum atomic E-state index is -0.739. The maximum Gasteiger partial charge on any atom is 0.189 e. The minimum absolute atomic E-state index is 0.271. The molecule has 2 aromatic carbocycles. The fourth-order valence-corrected chi connectivity index (χ4v) is 4.84. The summed E-state index contributed by atoms with van der Waals surface area (Å²) < 4.78 is 36.0. The summed E-state index contributed by atoms with van der Waals surface area (Å²) in [5, 5.41) is 7.07. The van der Waals surface area contributed by atoms with E-state index in [1.165, 1.54) is 0 Å². The van der Waals surface area contributed by atoms with Crippen LogP contribution in [0.2, 0.25) is 0 Å². The molecular formula is C26H32N2O6S. The van der Waals surface area contributed by atoms with Crippen molar-refractivity contribution in [2.75, 3.05) is 11.9 Å². The molecule has 188 valence electrons. The summed E-state index contributed by atoms with van der Waals surface area (Å²) >= 11 is 5.63. The van der Waals surface area contributed by atoms with E-state index >= 15 is 0 Å². The number of thiocarbonyl (C=S) groups is 1. The van der Waals surface area contributed by atoms with Gasteiger partial charge in [0.15, 0.2) is 23.0 Å². The molecule has 5 atom stereocenters. The van der Waals surface area contributed by atoms with Gasteiger partial charge in [0.1, 0.15) is 30.7 Å². The van der Waals surface area contributed by atoms with Crippen molar-refractivity contribution in [3.63, 3.8) is 0 Å². The van der Waals surface area contributed by atoms with Crippen LogP contribution in [-0.4, -0.2) is 53.9 Å². The minimum Gasteiger partial charge on any atom is -0.489 e. The number of hydrogen-bond acceptors (Lipinski definition) is 7. The average Bonchev–Trinajstić information content (AvgIpc) is 3.43. The van der Waals surface area contributed by atoms with E-state index in [-0.39, 0.29) is 24.4 Å². The van der Waals surface area contributed by atoms with E-state index < -0.39 is 17.9 Å². The molecule has 9 heteroatoms. The molecule has 3 saturated heterocycles. The van der Waals surface area contributed by atoms with E-state index in [4.69, 9.17) is 40.6 Å². The molecule has 0 spiro atoms.